The third-order valence-electron chi connectivity index (χ3n) is 3.56. The molecule has 5 nitrogen and oxygen atoms in total. The normalized spacial score (nSPS) is 20.9. The van der Waals surface area contributed by atoms with E-state index in [0.29, 0.717) is 6.54 Å². The van der Waals surface area contributed by atoms with Crippen LogP contribution >= 0.6 is 0 Å². The quantitative estimate of drug-likeness (QED) is 0.599. The van der Waals surface area contributed by atoms with Gasteiger partial charge >= 0.3 is 12.1 Å². The van der Waals surface area contributed by atoms with Gasteiger partial charge in [-0.1, -0.05) is 56.8 Å². The zero-order valence-corrected chi connectivity index (χ0v) is 12.9. The maximum atomic E-state index is 12.3. The first-order chi connectivity index (χ1) is 10.5. The fourth-order valence-electron chi connectivity index (χ4n) is 2.47. The average Bonchev–Trinajstić information content (AvgIpc) is 2.83. The highest BCUT2D eigenvalue weighted by Gasteiger charge is 2.48. The molecule has 1 saturated heterocycles. The summed E-state index contributed by atoms with van der Waals surface area (Å²) in [5.41, 5.74) is 0.936. The van der Waals surface area contributed by atoms with E-state index in [1.807, 2.05) is 44.2 Å². The summed E-state index contributed by atoms with van der Waals surface area (Å²) in [6, 6.07) is 8.76. The second-order valence-electron chi connectivity index (χ2n) is 5.57. The Bertz CT molecular complexity index is 541. The molecule has 0 unspecified atom stereocenters. The van der Waals surface area contributed by atoms with E-state index in [9.17, 15) is 9.59 Å². The van der Waals surface area contributed by atoms with Gasteiger partial charge in [-0.3, -0.25) is 4.90 Å². The molecule has 0 aliphatic carbocycles. The number of hydrogen-bond acceptors (Lipinski definition) is 4. The van der Waals surface area contributed by atoms with E-state index >= 15 is 0 Å². The lowest BCUT2D eigenvalue weighted by Crippen LogP contribution is -2.45. The number of hydrogen-bond donors (Lipinski definition) is 0. The van der Waals surface area contributed by atoms with Gasteiger partial charge in [-0.2, -0.15) is 0 Å². The van der Waals surface area contributed by atoms with Crippen molar-refractivity contribution >= 4 is 12.1 Å². The van der Waals surface area contributed by atoms with Gasteiger partial charge in [-0.15, -0.1) is 0 Å². The number of cyclic esters (lactones) is 1. The van der Waals surface area contributed by atoms with Gasteiger partial charge in [0, 0.05) is 0 Å². The van der Waals surface area contributed by atoms with E-state index < -0.39 is 24.2 Å². The molecule has 0 spiro atoms. The van der Waals surface area contributed by atoms with Crippen LogP contribution < -0.4 is 0 Å². The zero-order valence-electron chi connectivity index (χ0n) is 12.9. The highest BCUT2D eigenvalue weighted by atomic mass is 16.6. The number of carbonyl (C=O) groups excluding carboxylic acids is 2. The molecule has 1 fully saturated rings. The predicted molar refractivity (Wildman–Crippen MR) is 82.0 cm³/mol. The molecule has 5 heteroatoms. The topological polar surface area (TPSA) is 55.8 Å². The first-order valence-corrected chi connectivity index (χ1v) is 7.33. The van der Waals surface area contributed by atoms with E-state index in [2.05, 4.69) is 6.58 Å². The Morgan fingerprint density at radius 3 is 2.68 bits per heavy atom. The summed E-state index contributed by atoms with van der Waals surface area (Å²) in [7, 11) is 0. The van der Waals surface area contributed by atoms with Crippen LogP contribution in [0.4, 0.5) is 4.79 Å². The molecule has 0 bridgehead atoms. The lowest BCUT2D eigenvalue weighted by molar-refractivity contribution is -0.149. The number of amides is 1. The van der Waals surface area contributed by atoms with Crippen molar-refractivity contribution in [1.29, 1.82) is 0 Å². The highest BCUT2D eigenvalue weighted by molar-refractivity contribution is 5.85. The Morgan fingerprint density at radius 2 is 2.09 bits per heavy atom. The molecule has 0 radical (unpaired) electrons. The lowest BCUT2D eigenvalue weighted by Gasteiger charge is -2.24. The summed E-state index contributed by atoms with van der Waals surface area (Å²) in [4.78, 5) is 25.9. The molecule has 0 saturated carbocycles. The maximum absolute atomic E-state index is 12.3. The smallest absolute Gasteiger partial charge is 0.411 e. The Hall–Kier alpha value is -2.30. The third kappa shape index (κ3) is 3.47. The molecular formula is C17H21NO4. The second kappa shape index (κ2) is 7.11. The molecule has 1 aliphatic heterocycles. The van der Waals surface area contributed by atoms with Gasteiger partial charge in [-0.25, -0.2) is 9.59 Å². The standard InChI is InChI=1S/C17H21NO4/c1-4-10-21-16(19)14-15(12(2)3)22-17(20)18(14)11-13-8-6-5-7-9-13/h4-9,12,14-15H,1,10-11H2,2-3H3/t14-,15+/m1/s1. The minimum absolute atomic E-state index is 0.0194. The third-order valence-corrected chi connectivity index (χ3v) is 3.56. The van der Waals surface area contributed by atoms with Crippen LogP contribution in [0.5, 0.6) is 0 Å². The van der Waals surface area contributed by atoms with Crippen molar-refractivity contribution in [2.45, 2.75) is 32.5 Å². The largest absolute Gasteiger partial charge is 0.460 e. The van der Waals surface area contributed by atoms with Gasteiger partial charge in [0.25, 0.3) is 0 Å². The molecule has 1 amide bonds. The molecule has 118 valence electrons. The van der Waals surface area contributed by atoms with Gasteiger partial charge in [0.1, 0.15) is 12.7 Å². The van der Waals surface area contributed by atoms with Crippen LogP contribution in [-0.4, -0.2) is 35.7 Å². The van der Waals surface area contributed by atoms with Crippen LogP contribution in [0.1, 0.15) is 19.4 Å². The van der Waals surface area contributed by atoms with Gasteiger partial charge in [-0.05, 0) is 11.5 Å². The van der Waals surface area contributed by atoms with Crippen molar-refractivity contribution in [3.05, 3.63) is 48.6 Å². The summed E-state index contributed by atoms with van der Waals surface area (Å²) in [5, 5.41) is 0. The van der Waals surface area contributed by atoms with Crippen LogP contribution in [0, 0.1) is 5.92 Å². The van der Waals surface area contributed by atoms with Crippen LogP contribution in [0.15, 0.2) is 43.0 Å². The van der Waals surface area contributed by atoms with Crippen LogP contribution in [0.25, 0.3) is 0 Å². The van der Waals surface area contributed by atoms with Crippen molar-refractivity contribution in [2.24, 2.45) is 5.92 Å². The monoisotopic (exact) mass is 303 g/mol. The Morgan fingerprint density at radius 1 is 1.41 bits per heavy atom. The highest BCUT2D eigenvalue weighted by Crippen LogP contribution is 2.27. The molecule has 0 aromatic heterocycles. The number of rotatable bonds is 6. The summed E-state index contributed by atoms with van der Waals surface area (Å²) in [6.07, 6.45) is 0.512. The Labute approximate surface area is 130 Å². The molecule has 0 N–H and O–H groups in total. The molecule has 2 rings (SSSR count). The van der Waals surface area contributed by atoms with Gasteiger partial charge in [0.15, 0.2) is 6.04 Å². The number of benzene rings is 1. The minimum atomic E-state index is -0.729. The van der Waals surface area contributed by atoms with E-state index in [4.69, 9.17) is 9.47 Å². The van der Waals surface area contributed by atoms with E-state index in [1.165, 1.54) is 11.0 Å². The van der Waals surface area contributed by atoms with Crippen molar-refractivity contribution in [3.63, 3.8) is 0 Å². The molecule has 22 heavy (non-hydrogen) atoms. The molecule has 1 aliphatic rings. The van der Waals surface area contributed by atoms with Gasteiger partial charge in [0.2, 0.25) is 0 Å². The number of carbonyl (C=O) groups is 2. The molecule has 2 atom stereocenters. The Kier molecular flexibility index (Phi) is 5.20. The van der Waals surface area contributed by atoms with Crippen molar-refractivity contribution in [3.8, 4) is 0 Å². The zero-order chi connectivity index (χ0) is 16.1. The van der Waals surface area contributed by atoms with Crippen molar-refractivity contribution < 1.29 is 19.1 Å². The maximum Gasteiger partial charge on any atom is 0.411 e. The van der Waals surface area contributed by atoms with E-state index in [0.717, 1.165) is 5.56 Å². The number of nitrogens with zero attached hydrogens (tertiary/aromatic N) is 1. The van der Waals surface area contributed by atoms with Crippen molar-refractivity contribution in [2.75, 3.05) is 6.61 Å². The summed E-state index contributed by atoms with van der Waals surface area (Å²) >= 11 is 0. The molecular weight excluding hydrogens is 282 g/mol. The summed E-state index contributed by atoms with van der Waals surface area (Å²) in [5.74, 6) is -0.439. The first kappa shape index (κ1) is 16.1. The van der Waals surface area contributed by atoms with E-state index in [1.54, 1.807) is 0 Å². The van der Waals surface area contributed by atoms with Gasteiger partial charge in [0.05, 0.1) is 6.54 Å². The number of esters is 1. The van der Waals surface area contributed by atoms with E-state index in [-0.39, 0.29) is 12.5 Å². The van der Waals surface area contributed by atoms with Crippen molar-refractivity contribution in [1.82, 2.24) is 4.90 Å². The lowest BCUT2D eigenvalue weighted by atomic mass is 9.99. The van der Waals surface area contributed by atoms with Crippen LogP contribution in [0.2, 0.25) is 0 Å². The second-order valence-corrected chi connectivity index (χ2v) is 5.57. The molecule has 1 aromatic carbocycles. The molecule has 1 aromatic rings. The SMILES string of the molecule is C=CCOC(=O)[C@H]1[C@H](C(C)C)OC(=O)N1Cc1ccccc1. The van der Waals surface area contributed by atoms with Crippen LogP contribution in [0.3, 0.4) is 0 Å². The minimum Gasteiger partial charge on any atom is -0.460 e. The average molecular weight is 303 g/mol. The first-order valence-electron chi connectivity index (χ1n) is 7.33. The molecule has 1 heterocycles. The fraction of sp³-hybridized carbons (Fsp3) is 0.412. The van der Waals surface area contributed by atoms with Gasteiger partial charge < -0.3 is 9.47 Å². The summed E-state index contributed by atoms with van der Waals surface area (Å²) < 4.78 is 10.5. The number of ether oxygens (including phenoxy) is 2. The van der Waals surface area contributed by atoms with Crippen LogP contribution in [-0.2, 0) is 20.8 Å². The Balaban J connectivity index is 2.21. The summed E-state index contributed by atoms with van der Waals surface area (Å²) in [6.45, 7) is 7.79. The predicted octanol–water partition coefficient (Wildman–Crippen LogP) is 2.76. The fourth-order valence-corrected chi connectivity index (χ4v) is 2.47.